The number of benzene rings is 1. The standard InChI is InChI=1S/C23H25FN6O3/c1-12-16(10-29-22-21(12)27-5-6-32-22)15-7-13-8-18(28-11-17(13)20(25)19(15)24)33-23(31)30-14-3-2-4-26-9-14/h7-8,10-11,14,26-27H,2-6,9,25H2,1H3,(H,30,31)/t14-/m0/s1. The van der Waals surface area contributed by atoms with Crippen LogP contribution in [0.4, 0.5) is 20.6 Å². The van der Waals surface area contributed by atoms with Crippen molar-refractivity contribution < 1.29 is 18.7 Å². The molecule has 9 nitrogen and oxygen atoms in total. The van der Waals surface area contributed by atoms with Crippen molar-refractivity contribution in [2.45, 2.75) is 25.8 Å². The quantitative estimate of drug-likeness (QED) is 0.447. The van der Waals surface area contributed by atoms with Crippen molar-refractivity contribution in [2.75, 3.05) is 37.3 Å². The van der Waals surface area contributed by atoms with Crippen molar-refractivity contribution in [2.24, 2.45) is 0 Å². The summed E-state index contributed by atoms with van der Waals surface area (Å²) < 4.78 is 26.2. The second-order valence-electron chi connectivity index (χ2n) is 8.22. The van der Waals surface area contributed by atoms with Crippen LogP contribution in [0.25, 0.3) is 21.9 Å². The Kier molecular flexibility index (Phi) is 5.59. The molecular weight excluding hydrogens is 427 g/mol. The normalized spacial score (nSPS) is 17.6. The number of carbonyl (C=O) groups is 1. The van der Waals surface area contributed by atoms with Gasteiger partial charge in [-0.05, 0) is 43.3 Å². The molecule has 1 amide bonds. The van der Waals surface area contributed by atoms with Crippen LogP contribution < -0.4 is 31.2 Å². The number of halogens is 1. The van der Waals surface area contributed by atoms with Gasteiger partial charge in [0.15, 0.2) is 5.82 Å². The Morgan fingerprint density at radius 2 is 2.15 bits per heavy atom. The van der Waals surface area contributed by atoms with Crippen LogP contribution in [-0.4, -0.2) is 48.3 Å². The highest BCUT2D eigenvalue weighted by Crippen LogP contribution is 2.39. The summed E-state index contributed by atoms with van der Waals surface area (Å²) in [5.74, 6) is 0.0499. The summed E-state index contributed by atoms with van der Waals surface area (Å²) >= 11 is 0. The fourth-order valence-corrected chi connectivity index (χ4v) is 4.29. The van der Waals surface area contributed by atoms with Crippen LogP contribution in [0.15, 0.2) is 24.5 Å². The van der Waals surface area contributed by atoms with Crippen LogP contribution in [0.2, 0.25) is 0 Å². The zero-order valence-corrected chi connectivity index (χ0v) is 18.2. The first-order valence-corrected chi connectivity index (χ1v) is 10.9. The molecule has 1 saturated heterocycles. The summed E-state index contributed by atoms with van der Waals surface area (Å²) in [5, 5.41) is 10.4. The third kappa shape index (κ3) is 4.09. The SMILES string of the molecule is Cc1c(-c2cc3cc(OC(=O)N[C@H]4CCCNC4)ncc3c(N)c2F)cnc2c1NCCO2. The number of nitrogens with one attached hydrogen (secondary N) is 3. The fourth-order valence-electron chi connectivity index (χ4n) is 4.29. The van der Waals surface area contributed by atoms with Gasteiger partial charge in [-0.1, -0.05) is 0 Å². The van der Waals surface area contributed by atoms with Gasteiger partial charge in [-0.25, -0.2) is 19.2 Å². The first-order valence-electron chi connectivity index (χ1n) is 10.9. The molecule has 3 aromatic rings. The predicted octanol–water partition coefficient (Wildman–Crippen LogP) is 2.97. The number of nitrogens with two attached hydrogens (primary N) is 1. The van der Waals surface area contributed by atoms with Gasteiger partial charge in [0.25, 0.3) is 0 Å². The predicted molar refractivity (Wildman–Crippen MR) is 123 cm³/mol. The molecule has 2 aromatic heterocycles. The lowest BCUT2D eigenvalue weighted by molar-refractivity contribution is 0.191. The van der Waals surface area contributed by atoms with Crippen LogP contribution in [0, 0.1) is 12.7 Å². The molecule has 0 aliphatic carbocycles. The summed E-state index contributed by atoms with van der Waals surface area (Å²) in [6.45, 7) is 4.70. The van der Waals surface area contributed by atoms with E-state index < -0.39 is 11.9 Å². The summed E-state index contributed by atoms with van der Waals surface area (Å²) in [6, 6.07) is 3.26. The van der Waals surface area contributed by atoms with Gasteiger partial charge in [0.1, 0.15) is 12.3 Å². The Labute approximate surface area is 189 Å². The summed E-state index contributed by atoms with van der Waals surface area (Å²) in [7, 11) is 0. The van der Waals surface area contributed by atoms with E-state index in [1.165, 1.54) is 6.20 Å². The number of ether oxygens (including phenoxy) is 2. The molecule has 1 aromatic carbocycles. The smallest absolute Gasteiger partial charge is 0.414 e. The zero-order chi connectivity index (χ0) is 22.9. The molecule has 0 spiro atoms. The number of aromatic nitrogens is 2. The number of hydrogen-bond acceptors (Lipinski definition) is 8. The average Bonchev–Trinajstić information content (AvgIpc) is 2.82. The highest BCUT2D eigenvalue weighted by molar-refractivity contribution is 5.98. The largest absolute Gasteiger partial charge is 0.474 e. The number of fused-ring (bicyclic) bond motifs is 2. The van der Waals surface area contributed by atoms with Gasteiger partial charge in [-0.3, -0.25) is 0 Å². The summed E-state index contributed by atoms with van der Waals surface area (Å²) in [5.41, 5.74) is 8.54. The molecular formula is C23H25FN6O3. The Bertz CT molecular complexity index is 1230. The molecule has 0 radical (unpaired) electrons. The van der Waals surface area contributed by atoms with Crippen LogP contribution in [-0.2, 0) is 0 Å². The number of amides is 1. The molecule has 172 valence electrons. The third-order valence-electron chi connectivity index (χ3n) is 6.03. The maximum Gasteiger partial charge on any atom is 0.414 e. The molecule has 10 heteroatoms. The van der Waals surface area contributed by atoms with Gasteiger partial charge in [-0.15, -0.1) is 0 Å². The number of carbonyl (C=O) groups excluding carboxylic acids is 1. The van der Waals surface area contributed by atoms with Crippen molar-refractivity contribution in [1.29, 1.82) is 0 Å². The molecule has 1 fully saturated rings. The highest BCUT2D eigenvalue weighted by Gasteiger charge is 2.22. The van der Waals surface area contributed by atoms with E-state index in [4.69, 9.17) is 15.2 Å². The molecule has 1 atom stereocenters. The van der Waals surface area contributed by atoms with Crippen molar-refractivity contribution in [3.05, 3.63) is 35.9 Å². The zero-order valence-electron chi connectivity index (χ0n) is 18.2. The number of pyridine rings is 2. The first-order chi connectivity index (χ1) is 16.0. The topological polar surface area (TPSA) is 123 Å². The van der Waals surface area contributed by atoms with Crippen LogP contribution in [0.5, 0.6) is 11.8 Å². The molecule has 5 rings (SSSR count). The van der Waals surface area contributed by atoms with E-state index in [0.717, 1.165) is 30.6 Å². The minimum atomic E-state index is -0.577. The van der Waals surface area contributed by atoms with Crippen molar-refractivity contribution in [3.63, 3.8) is 0 Å². The van der Waals surface area contributed by atoms with E-state index in [2.05, 4.69) is 25.9 Å². The number of hydrogen-bond donors (Lipinski definition) is 4. The van der Waals surface area contributed by atoms with E-state index >= 15 is 4.39 Å². The lowest BCUT2D eigenvalue weighted by Crippen LogP contribution is -2.46. The lowest BCUT2D eigenvalue weighted by atomic mass is 9.97. The van der Waals surface area contributed by atoms with Gasteiger partial charge < -0.3 is 31.2 Å². The maximum atomic E-state index is 15.3. The summed E-state index contributed by atoms with van der Waals surface area (Å²) in [6.07, 6.45) is 4.29. The van der Waals surface area contributed by atoms with Gasteiger partial charge in [0.2, 0.25) is 11.8 Å². The van der Waals surface area contributed by atoms with E-state index in [-0.39, 0.29) is 17.6 Å². The van der Waals surface area contributed by atoms with Crippen LogP contribution in [0.3, 0.4) is 0 Å². The minimum absolute atomic E-state index is 0.0140. The Hall–Kier alpha value is -3.66. The lowest BCUT2D eigenvalue weighted by Gasteiger charge is -2.23. The van der Waals surface area contributed by atoms with Gasteiger partial charge in [0, 0.05) is 54.1 Å². The highest BCUT2D eigenvalue weighted by atomic mass is 19.1. The fraction of sp³-hybridized carbons (Fsp3) is 0.348. The maximum absolute atomic E-state index is 15.3. The third-order valence-corrected chi connectivity index (χ3v) is 6.03. The van der Waals surface area contributed by atoms with Crippen LogP contribution >= 0.6 is 0 Å². The molecule has 2 aliphatic rings. The van der Waals surface area contributed by atoms with Crippen molar-refractivity contribution >= 4 is 28.2 Å². The minimum Gasteiger partial charge on any atom is -0.474 e. The van der Waals surface area contributed by atoms with Crippen LogP contribution in [0.1, 0.15) is 18.4 Å². The number of nitrogen functional groups attached to an aromatic ring is 1. The molecule has 0 saturated carbocycles. The first kappa shape index (κ1) is 21.2. The molecule has 5 N–H and O–H groups in total. The second kappa shape index (κ2) is 8.70. The van der Waals surface area contributed by atoms with Gasteiger partial charge in [0.05, 0.1) is 5.69 Å². The number of anilines is 2. The molecule has 33 heavy (non-hydrogen) atoms. The summed E-state index contributed by atoms with van der Waals surface area (Å²) in [4.78, 5) is 20.8. The Morgan fingerprint density at radius 3 is 2.97 bits per heavy atom. The molecule has 2 aliphatic heterocycles. The van der Waals surface area contributed by atoms with Crippen molar-refractivity contribution in [3.8, 4) is 22.9 Å². The Balaban J connectivity index is 1.47. The number of nitrogens with zero attached hydrogens (tertiary/aromatic N) is 2. The van der Waals surface area contributed by atoms with E-state index in [9.17, 15) is 4.79 Å². The molecule has 4 heterocycles. The van der Waals surface area contributed by atoms with Crippen molar-refractivity contribution in [1.82, 2.24) is 20.6 Å². The number of rotatable bonds is 3. The van der Waals surface area contributed by atoms with Gasteiger partial charge >= 0.3 is 6.09 Å². The van der Waals surface area contributed by atoms with E-state index in [1.807, 2.05) is 6.92 Å². The second-order valence-corrected chi connectivity index (χ2v) is 8.22. The Morgan fingerprint density at radius 1 is 1.27 bits per heavy atom. The number of piperidine rings is 1. The van der Waals surface area contributed by atoms with E-state index in [1.54, 1.807) is 18.3 Å². The van der Waals surface area contributed by atoms with Gasteiger partial charge in [-0.2, -0.15) is 0 Å². The average molecular weight is 452 g/mol. The molecule has 0 bridgehead atoms. The molecule has 0 unspecified atom stereocenters. The van der Waals surface area contributed by atoms with E-state index in [0.29, 0.717) is 47.5 Å². The monoisotopic (exact) mass is 452 g/mol.